The van der Waals surface area contributed by atoms with Crippen molar-refractivity contribution in [3.8, 4) is 11.5 Å². The molecule has 0 fully saturated rings. The van der Waals surface area contributed by atoms with Crippen molar-refractivity contribution in [1.82, 2.24) is 5.32 Å². The van der Waals surface area contributed by atoms with Gasteiger partial charge in [-0.2, -0.15) is 0 Å². The van der Waals surface area contributed by atoms with E-state index in [1.54, 1.807) is 0 Å². The molecule has 1 aliphatic rings. The van der Waals surface area contributed by atoms with Crippen molar-refractivity contribution in [2.75, 3.05) is 19.8 Å². The highest BCUT2D eigenvalue weighted by Gasteiger charge is 2.24. The van der Waals surface area contributed by atoms with Gasteiger partial charge in [0, 0.05) is 13.1 Å². The molecule has 5 nitrogen and oxygen atoms in total. The van der Waals surface area contributed by atoms with E-state index in [-0.39, 0.29) is 5.91 Å². The Bertz CT molecular complexity index is 517. The van der Waals surface area contributed by atoms with E-state index in [0.717, 1.165) is 21.5 Å². The van der Waals surface area contributed by atoms with Gasteiger partial charge in [-0.3, -0.25) is 4.79 Å². The monoisotopic (exact) mass is 342 g/mol. The van der Waals surface area contributed by atoms with Gasteiger partial charge < -0.3 is 20.5 Å². The van der Waals surface area contributed by atoms with Gasteiger partial charge in [-0.1, -0.05) is 0 Å². The number of amides is 1. The highest BCUT2D eigenvalue weighted by atomic mass is 79.9. The van der Waals surface area contributed by atoms with Crippen LogP contribution in [0.3, 0.4) is 0 Å². The number of rotatable bonds is 5. The Kier molecular flexibility index (Phi) is 4.55. The predicted molar refractivity (Wildman–Crippen MR) is 79.8 cm³/mol. The highest BCUT2D eigenvalue weighted by Crippen LogP contribution is 2.38. The second-order valence-electron chi connectivity index (χ2n) is 5.45. The first-order valence-corrected chi connectivity index (χ1v) is 7.28. The van der Waals surface area contributed by atoms with Crippen LogP contribution in [0.4, 0.5) is 0 Å². The van der Waals surface area contributed by atoms with Crippen molar-refractivity contribution >= 4 is 21.8 Å². The molecule has 1 aromatic rings. The topological polar surface area (TPSA) is 73.6 Å². The van der Waals surface area contributed by atoms with E-state index in [4.69, 9.17) is 15.2 Å². The summed E-state index contributed by atoms with van der Waals surface area (Å²) in [5, 5.41) is 3.24. The molecule has 2 rings (SSSR count). The number of carbonyl (C=O) groups is 1. The molecule has 0 saturated carbocycles. The van der Waals surface area contributed by atoms with E-state index in [0.29, 0.717) is 26.3 Å². The maximum absolute atomic E-state index is 11.2. The molecule has 0 aromatic heterocycles. The van der Waals surface area contributed by atoms with Crippen molar-refractivity contribution < 1.29 is 14.3 Å². The third-order valence-electron chi connectivity index (χ3n) is 3.22. The molecule has 1 aromatic carbocycles. The summed E-state index contributed by atoms with van der Waals surface area (Å²) in [6, 6.07) is 3.93. The molecule has 0 saturated heterocycles. The number of hydrogen-bond donors (Lipinski definition) is 2. The minimum absolute atomic E-state index is 0.312. The first kappa shape index (κ1) is 15.1. The van der Waals surface area contributed by atoms with Crippen LogP contribution >= 0.6 is 15.9 Å². The number of nitrogens with two attached hydrogens (primary N) is 1. The molecular weight excluding hydrogens is 324 g/mol. The molecule has 0 atom stereocenters. The number of fused-ring (bicyclic) bond motifs is 1. The van der Waals surface area contributed by atoms with Gasteiger partial charge in [-0.05, 0) is 47.5 Å². The second-order valence-corrected chi connectivity index (χ2v) is 6.31. The van der Waals surface area contributed by atoms with Gasteiger partial charge in [0.2, 0.25) is 5.91 Å². The van der Waals surface area contributed by atoms with E-state index in [1.807, 2.05) is 26.0 Å². The summed E-state index contributed by atoms with van der Waals surface area (Å²) in [6.07, 6.45) is 0. The zero-order chi connectivity index (χ0) is 14.8. The largest absolute Gasteiger partial charge is 0.486 e. The third-order valence-corrected chi connectivity index (χ3v) is 3.81. The van der Waals surface area contributed by atoms with E-state index in [2.05, 4.69) is 21.2 Å². The number of benzene rings is 1. The van der Waals surface area contributed by atoms with Gasteiger partial charge in [0.05, 0.1) is 9.89 Å². The summed E-state index contributed by atoms with van der Waals surface area (Å²) in [5.41, 5.74) is 5.83. The summed E-state index contributed by atoms with van der Waals surface area (Å²) in [7, 11) is 0. The number of primary amides is 1. The molecule has 0 radical (unpaired) electrons. The van der Waals surface area contributed by atoms with E-state index in [1.165, 1.54) is 0 Å². The number of halogens is 1. The third kappa shape index (κ3) is 3.43. The van der Waals surface area contributed by atoms with Crippen LogP contribution in [0.25, 0.3) is 0 Å². The van der Waals surface area contributed by atoms with Crippen molar-refractivity contribution in [3.05, 3.63) is 22.2 Å². The second kappa shape index (κ2) is 6.01. The molecule has 20 heavy (non-hydrogen) atoms. The summed E-state index contributed by atoms with van der Waals surface area (Å²) >= 11 is 3.48. The van der Waals surface area contributed by atoms with Crippen molar-refractivity contribution in [1.29, 1.82) is 0 Å². The highest BCUT2D eigenvalue weighted by molar-refractivity contribution is 9.10. The maximum Gasteiger partial charge on any atom is 0.224 e. The minimum Gasteiger partial charge on any atom is -0.486 e. The van der Waals surface area contributed by atoms with Crippen molar-refractivity contribution in [2.24, 2.45) is 11.1 Å². The van der Waals surface area contributed by atoms with Crippen LogP contribution in [0.5, 0.6) is 11.5 Å². The summed E-state index contributed by atoms with van der Waals surface area (Å²) < 4.78 is 12.0. The molecule has 1 heterocycles. The quantitative estimate of drug-likeness (QED) is 0.855. The lowest BCUT2D eigenvalue weighted by Crippen LogP contribution is -2.40. The fourth-order valence-electron chi connectivity index (χ4n) is 1.87. The Morgan fingerprint density at radius 1 is 1.40 bits per heavy atom. The van der Waals surface area contributed by atoms with Crippen LogP contribution in [0, 0.1) is 5.41 Å². The normalized spacial score (nSPS) is 14.2. The van der Waals surface area contributed by atoms with Gasteiger partial charge in [-0.15, -0.1) is 0 Å². The molecule has 0 aliphatic carbocycles. The SMILES string of the molecule is CC(C)(CNCc1cc(Br)c2c(c1)OCCO2)C(N)=O. The number of nitrogens with one attached hydrogen (secondary N) is 1. The molecule has 110 valence electrons. The first-order chi connectivity index (χ1) is 9.40. The van der Waals surface area contributed by atoms with Crippen LogP contribution in [0.1, 0.15) is 19.4 Å². The Balaban J connectivity index is 2.00. The molecule has 3 N–H and O–H groups in total. The van der Waals surface area contributed by atoms with Gasteiger partial charge in [0.1, 0.15) is 13.2 Å². The molecule has 1 aliphatic heterocycles. The lowest BCUT2D eigenvalue weighted by molar-refractivity contribution is -0.125. The van der Waals surface area contributed by atoms with E-state index >= 15 is 0 Å². The average molecular weight is 343 g/mol. The Morgan fingerprint density at radius 2 is 2.10 bits per heavy atom. The van der Waals surface area contributed by atoms with Crippen LogP contribution in [-0.4, -0.2) is 25.7 Å². The Labute approximate surface area is 126 Å². The first-order valence-electron chi connectivity index (χ1n) is 6.49. The van der Waals surface area contributed by atoms with Gasteiger partial charge in [0.25, 0.3) is 0 Å². The molecule has 0 bridgehead atoms. The predicted octanol–water partition coefficient (Wildman–Crippen LogP) is 1.82. The lowest BCUT2D eigenvalue weighted by Gasteiger charge is -2.22. The minimum atomic E-state index is -0.564. The average Bonchev–Trinajstić information content (AvgIpc) is 2.38. The summed E-state index contributed by atoms with van der Waals surface area (Å²) in [5.74, 6) is 1.18. The number of ether oxygens (including phenoxy) is 2. The Hall–Kier alpha value is -1.27. The summed E-state index contributed by atoms with van der Waals surface area (Å²) in [4.78, 5) is 11.2. The zero-order valence-corrected chi connectivity index (χ0v) is 13.2. The zero-order valence-electron chi connectivity index (χ0n) is 11.7. The summed E-state index contributed by atoms with van der Waals surface area (Å²) in [6.45, 7) is 5.92. The smallest absolute Gasteiger partial charge is 0.224 e. The number of hydrogen-bond acceptors (Lipinski definition) is 4. The van der Waals surface area contributed by atoms with Crippen LogP contribution in [0.2, 0.25) is 0 Å². The van der Waals surface area contributed by atoms with Gasteiger partial charge >= 0.3 is 0 Å². The molecule has 1 amide bonds. The van der Waals surface area contributed by atoms with Crippen LogP contribution < -0.4 is 20.5 Å². The Morgan fingerprint density at radius 3 is 2.80 bits per heavy atom. The lowest BCUT2D eigenvalue weighted by atomic mass is 9.93. The fourth-order valence-corrected chi connectivity index (χ4v) is 2.48. The van der Waals surface area contributed by atoms with E-state index in [9.17, 15) is 4.79 Å². The van der Waals surface area contributed by atoms with Crippen molar-refractivity contribution in [3.63, 3.8) is 0 Å². The molecule has 0 unspecified atom stereocenters. The van der Waals surface area contributed by atoms with Crippen LogP contribution in [-0.2, 0) is 11.3 Å². The van der Waals surface area contributed by atoms with Gasteiger partial charge in [-0.25, -0.2) is 0 Å². The molecule has 0 spiro atoms. The van der Waals surface area contributed by atoms with Gasteiger partial charge in [0.15, 0.2) is 11.5 Å². The molecular formula is C14H19BrN2O3. The van der Waals surface area contributed by atoms with Crippen LogP contribution in [0.15, 0.2) is 16.6 Å². The molecule has 6 heteroatoms. The maximum atomic E-state index is 11.2. The number of carbonyl (C=O) groups excluding carboxylic acids is 1. The van der Waals surface area contributed by atoms with Crippen molar-refractivity contribution in [2.45, 2.75) is 20.4 Å². The van der Waals surface area contributed by atoms with E-state index < -0.39 is 5.41 Å². The standard InChI is InChI=1S/C14H19BrN2O3/c1-14(2,13(16)18)8-17-7-9-5-10(15)12-11(6-9)19-3-4-20-12/h5-6,17H,3-4,7-8H2,1-2H3,(H2,16,18). The fraction of sp³-hybridized carbons (Fsp3) is 0.500.